The molecule has 0 saturated carbocycles. The Labute approximate surface area is 68.3 Å². The highest BCUT2D eigenvalue weighted by molar-refractivity contribution is 5.14. The van der Waals surface area contributed by atoms with Crippen molar-refractivity contribution in [2.24, 2.45) is 11.8 Å². The zero-order valence-electron chi connectivity index (χ0n) is 6.74. The third-order valence-electron chi connectivity index (χ3n) is 2.61. The highest BCUT2D eigenvalue weighted by Crippen LogP contribution is 2.30. The number of hydrogen-bond donors (Lipinski definition) is 0. The van der Waals surface area contributed by atoms with Crippen LogP contribution in [-0.2, 0) is 0 Å². The van der Waals surface area contributed by atoms with Crippen LogP contribution in [0.1, 0.15) is 19.3 Å². The van der Waals surface area contributed by atoms with Crippen LogP contribution in [0.2, 0.25) is 0 Å². The number of rotatable bonds is 0. The molecule has 58 valence electrons. The van der Waals surface area contributed by atoms with Crippen molar-refractivity contribution >= 4 is 0 Å². The Balaban J connectivity index is 2.17. The first-order chi connectivity index (χ1) is 5.47. The molecule has 0 aromatic carbocycles. The summed E-state index contributed by atoms with van der Waals surface area (Å²) in [5, 5.41) is 0. The molecule has 2 rings (SSSR count). The lowest BCUT2D eigenvalue weighted by molar-refractivity contribution is 0.435. The van der Waals surface area contributed by atoms with Crippen LogP contribution in [0.15, 0.2) is 36.5 Å². The summed E-state index contributed by atoms with van der Waals surface area (Å²) in [5.41, 5.74) is 0. The second-order valence-electron chi connectivity index (χ2n) is 3.38. The summed E-state index contributed by atoms with van der Waals surface area (Å²) in [7, 11) is 0. The van der Waals surface area contributed by atoms with E-state index in [4.69, 9.17) is 0 Å². The predicted molar refractivity (Wildman–Crippen MR) is 48.3 cm³/mol. The standard InChI is InChI=1S/C11H14/c1-2-6-10-8-4-5-9-11(10)7-3-1/h1-4,7-8,10-11H,5-6,9H2. The van der Waals surface area contributed by atoms with Crippen LogP contribution in [0.5, 0.6) is 0 Å². The summed E-state index contributed by atoms with van der Waals surface area (Å²) in [5.74, 6) is 1.61. The average Bonchev–Trinajstić information content (AvgIpc) is 2.28. The SMILES string of the molecule is C1=CCC2C=CCCC2C=C1. The van der Waals surface area contributed by atoms with Crippen molar-refractivity contribution < 1.29 is 0 Å². The number of hydrogen-bond acceptors (Lipinski definition) is 0. The van der Waals surface area contributed by atoms with Gasteiger partial charge in [0.1, 0.15) is 0 Å². The molecule has 2 atom stereocenters. The van der Waals surface area contributed by atoms with Gasteiger partial charge in [-0.25, -0.2) is 0 Å². The highest BCUT2D eigenvalue weighted by atomic mass is 14.2. The largest absolute Gasteiger partial charge is 0.0882 e. The van der Waals surface area contributed by atoms with Gasteiger partial charge < -0.3 is 0 Å². The van der Waals surface area contributed by atoms with Gasteiger partial charge in [0.25, 0.3) is 0 Å². The fourth-order valence-corrected chi connectivity index (χ4v) is 1.93. The van der Waals surface area contributed by atoms with Gasteiger partial charge in [-0.2, -0.15) is 0 Å². The van der Waals surface area contributed by atoms with E-state index < -0.39 is 0 Å². The van der Waals surface area contributed by atoms with Gasteiger partial charge in [0.2, 0.25) is 0 Å². The lowest BCUT2D eigenvalue weighted by atomic mass is 9.83. The van der Waals surface area contributed by atoms with Gasteiger partial charge in [-0.15, -0.1) is 0 Å². The van der Waals surface area contributed by atoms with Gasteiger partial charge >= 0.3 is 0 Å². The second-order valence-corrected chi connectivity index (χ2v) is 3.38. The second kappa shape index (κ2) is 3.08. The van der Waals surface area contributed by atoms with E-state index >= 15 is 0 Å². The quantitative estimate of drug-likeness (QED) is 0.461. The van der Waals surface area contributed by atoms with Gasteiger partial charge in [0.05, 0.1) is 0 Å². The minimum atomic E-state index is 0.791. The predicted octanol–water partition coefficient (Wildman–Crippen LogP) is 3.08. The van der Waals surface area contributed by atoms with Crippen molar-refractivity contribution in [1.82, 2.24) is 0 Å². The Bertz CT molecular complexity index is 208. The fourth-order valence-electron chi connectivity index (χ4n) is 1.93. The molecule has 0 heterocycles. The van der Waals surface area contributed by atoms with E-state index in [9.17, 15) is 0 Å². The van der Waals surface area contributed by atoms with Crippen LogP contribution in [-0.4, -0.2) is 0 Å². The first-order valence-corrected chi connectivity index (χ1v) is 4.47. The summed E-state index contributed by atoms with van der Waals surface area (Å²) in [6.07, 6.45) is 17.6. The van der Waals surface area contributed by atoms with Crippen molar-refractivity contribution in [3.8, 4) is 0 Å². The Morgan fingerprint density at radius 3 is 2.91 bits per heavy atom. The molecule has 0 heteroatoms. The zero-order valence-corrected chi connectivity index (χ0v) is 6.74. The van der Waals surface area contributed by atoms with E-state index in [-0.39, 0.29) is 0 Å². The summed E-state index contributed by atoms with van der Waals surface area (Å²) in [6, 6.07) is 0. The lowest BCUT2D eigenvalue weighted by Crippen LogP contribution is -2.12. The maximum Gasteiger partial charge on any atom is -0.0136 e. The topological polar surface area (TPSA) is 0 Å². The fraction of sp³-hybridized carbons (Fsp3) is 0.455. The maximum absolute atomic E-state index is 2.38. The Hall–Kier alpha value is -0.780. The molecule has 0 aliphatic heterocycles. The molecule has 0 amide bonds. The molecule has 2 unspecified atom stereocenters. The molecule has 0 spiro atoms. The van der Waals surface area contributed by atoms with Crippen molar-refractivity contribution in [2.75, 3.05) is 0 Å². The molecule has 0 radical (unpaired) electrons. The minimum absolute atomic E-state index is 0.791. The van der Waals surface area contributed by atoms with E-state index in [1.807, 2.05) is 0 Å². The van der Waals surface area contributed by atoms with Crippen LogP contribution in [0.25, 0.3) is 0 Å². The summed E-state index contributed by atoms with van der Waals surface area (Å²) in [4.78, 5) is 0. The molecule has 0 saturated heterocycles. The van der Waals surface area contributed by atoms with E-state index in [0.717, 1.165) is 11.8 Å². The molecular weight excluding hydrogens is 132 g/mol. The molecule has 2 aliphatic rings. The summed E-state index contributed by atoms with van der Waals surface area (Å²) in [6.45, 7) is 0. The van der Waals surface area contributed by atoms with Crippen LogP contribution in [0.4, 0.5) is 0 Å². The third kappa shape index (κ3) is 1.45. The molecule has 11 heavy (non-hydrogen) atoms. The van der Waals surface area contributed by atoms with Gasteiger partial charge in [0.15, 0.2) is 0 Å². The zero-order chi connectivity index (χ0) is 7.52. The Kier molecular flexibility index (Phi) is 1.93. The average molecular weight is 146 g/mol. The normalized spacial score (nSPS) is 34.9. The maximum atomic E-state index is 2.38. The van der Waals surface area contributed by atoms with Crippen molar-refractivity contribution in [3.63, 3.8) is 0 Å². The van der Waals surface area contributed by atoms with Crippen LogP contribution in [0, 0.1) is 11.8 Å². The first kappa shape index (κ1) is 6.90. The first-order valence-electron chi connectivity index (χ1n) is 4.47. The highest BCUT2D eigenvalue weighted by Gasteiger charge is 2.18. The minimum Gasteiger partial charge on any atom is -0.0882 e. The van der Waals surface area contributed by atoms with Gasteiger partial charge in [-0.05, 0) is 31.1 Å². The van der Waals surface area contributed by atoms with Gasteiger partial charge in [0, 0.05) is 0 Å². The van der Waals surface area contributed by atoms with E-state index in [1.165, 1.54) is 19.3 Å². The van der Waals surface area contributed by atoms with Crippen molar-refractivity contribution in [1.29, 1.82) is 0 Å². The Morgan fingerprint density at radius 2 is 1.91 bits per heavy atom. The van der Waals surface area contributed by atoms with Crippen molar-refractivity contribution in [3.05, 3.63) is 36.5 Å². The molecule has 2 aliphatic carbocycles. The number of fused-ring (bicyclic) bond motifs is 1. The monoisotopic (exact) mass is 146 g/mol. The van der Waals surface area contributed by atoms with Crippen molar-refractivity contribution in [2.45, 2.75) is 19.3 Å². The molecule has 0 fully saturated rings. The Morgan fingerprint density at radius 1 is 0.909 bits per heavy atom. The molecule has 0 aromatic rings. The smallest absolute Gasteiger partial charge is 0.0136 e. The summed E-state index contributed by atoms with van der Waals surface area (Å²) >= 11 is 0. The molecule has 0 bridgehead atoms. The van der Waals surface area contributed by atoms with E-state index in [1.54, 1.807) is 0 Å². The lowest BCUT2D eigenvalue weighted by Gasteiger charge is -2.22. The number of allylic oxidation sites excluding steroid dienone is 6. The van der Waals surface area contributed by atoms with Gasteiger partial charge in [-0.3, -0.25) is 0 Å². The molecular formula is C11H14. The summed E-state index contributed by atoms with van der Waals surface area (Å²) < 4.78 is 0. The van der Waals surface area contributed by atoms with E-state index in [2.05, 4.69) is 36.5 Å². The van der Waals surface area contributed by atoms with Gasteiger partial charge in [-0.1, -0.05) is 36.5 Å². The molecule has 0 nitrogen and oxygen atoms in total. The molecule has 0 N–H and O–H groups in total. The van der Waals surface area contributed by atoms with E-state index in [0.29, 0.717) is 0 Å². The van der Waals surface area contributed by atoms with Crippen LogP contribution < -0.4 is 0 Å². The molecule has 0 aromatic heterocycles. The van der Waals surface area contributed by atoms with Crippen LogP contribution >= 0.6 is 0 Å². The van der Waals surface area contributed by atoms with Crippen LogP contribution in [0.3, 0.4) is 0 Å². The third-order valence-corrected chi connectivity index (χ3v) is 2.61.